The fraction of sp³-hybridized carbons (Fsp3) is 0.250. The van der Waals surface area contributed by atoms with Crippen LogP contribution in [0.25, 0.3) is 10.9 Å². The average Bonchev–Trinajstić information content (AvgIpc) is 2.52. The van der Waals surface area contributed by atoms with Crippen molar-refractivity contribution in [3.63, 3.8) is 0 Å². The summed E-state index contributed by atoms with van der Waals surface area (Å²) in [4.78, 5) is 0. The van der Waals surface area contributed by atoms with Crippen molar-refractivity contribution in [3.8, 4) is 0 Å². The maximum absolute atomic E-state index is 5.40. The molecule has 2 aromatic rings. The van der Waals surface area contributed by atoms with Crippen molar-refractivity contribution >= 4 is 39.1 Å². The second-order valence-corrected chi connectivity index (χ2v) is 5.01. The zero-order valence-corrected chi connectivity index (χ0v) is 10.7. The summed E-state index contributed by atoms with van der Waals surface area (Å²) in [5, 5.41) is 1.26. The molecule has 0 aliphatic heterocycles. The summed E-state index contributed by atoms with van der Waals surface area (Å²) >= 11 is 7.04. The summed E-state index contributed by atoms with van der Waals surface area (Å²) < 4.78 is 3.18. The van der Waals surface area contributed by atoms with Gasteiger partial charge in [0, 0.05) is 29.2 Å². The molecule has 0 spiro atoms. The molecule has 0 amide bonds. The number of hydrogen-bond acceptors (Lipinski definition) is 2. The van der Waals surface area contributed by atoms with Crippen LogP contribution >= 0.6 is 24.0 Å². The van der Waals surface area contributed by atoms with E-state index >= 15 is 0 Å². The minimum absolute atomic E-state index is 0.976. The Labute approximate surface area is 99.5 Å². The SMILES string of the molecule is CSC(=S)c1c(C)n(C)c2ccccc12. The van der Waals surface area contributed by atoms with Gasteiger partial charge in [0.05, 0.1) is 4.20 Å². The standard InChI is InChI=1S/C12H13NS2/c1-8-11(12(14)15-3)9-6-4-5-7-10(9)13(8)2/h4-7H,1-3H3. The Morgan fingerprint density at radius 1 is 1.33 bits per heavy atom. The molecule has 15 heavy (non-hydrogen) atoms. The van der Waals surface area contributed by atoms with E-state index in [2.05, 4.69) is 42.8 Å². The van der Waals surface area contributed by atoms with E-state index in [-0.39, 0.29) is 0 Å². The Bertz CT molecular complexity index is 526. The van der Waals surface area contributed by atoms with Crippen molar-refractivity contribution in [2.75, 3.05) is 6.26 Å². The third-order valence-corrected chi connectivity index (χ3v) is 4.07. The van der Waals surface area contributed by atoms with Crippen LogP contribution in [0.1, 0.15) is 11.3 Å². The van der Waals surface area contributed by atoms with Crippen LogP contribution in [0, 0.1) is 6.92 Å². The van der Waals surface area contributed by atoms with E-state index in [9.17, 15) is 0 Å². The highest BCUT2D eigenvalue weighted by Crippen LogP contribution is 2.27. The lowest BCUT2D eigenvalue weighted by Gasteiger charge is -2.01. The normalized spacial score (nSPS) is 10.9. The first kappa shape index (κ1) is 10.7. The quantitative estimate of drug-likeness (QED) is 0.697. The van der Waals surface area contributed by atoms with Crippen molar-refractivity contribution in [2.45, 2.75) is 6.92 Å². The second-order valence-electron chi connectivity index (χ2n) is 3.53. The Hall–Kier alpha value is -0.800. The molecule has 0 aliphatic rings. The molecule has 1 aromatic heterocycles. The molecular weight excluding hydrogens is 222 g/mol. The minimum Gasteiger partial charge on any atom is -0.347 e. The topological polar surface area (TPSA) is 4.93 Å². The molecule has 0 aliphatic carbocycles. The van der Waals surface area contributed by atoms with E-state index in [1.807, 2.05) is 6.26 Å². The summed E-state index contributed by atoms with van der Waals surface area (Å²) in [6.45, 7) is 2.12. The predicted molar refractivity (Wildman–Crippen MR) is 72.9 cm³/mol. The van der Waals surface area contributed by atoms with Crippen LogP contribution in [-0.2, 0) is 7.05 Å². The smallest absolute Gasteiger partial charge is 0.0799 e. The van der Waals surface area contributed by atoms with Gasteiger partial charge >= 0.3 is 0 Å². The molecule has 0 atom stereocenters. The van der Waals surface area contributed by atoms with Gasteiger partial charge in [0.1, 0.15) is 0 Å². The van der Waals surface area contributed by atoms with Crippen molar-refractivity contribution < 1.29 is 0 Å². The first-order valence-electron chi connectivity index (χ1n) is 4.79. The Morgan fingerprint density at radius 3 is 2.67 bits per heavy atom. The minimum atomic E-state index is 0.976. The number of thiocarbonyl (C=S) groups is 1. The number of fused-ring (bicyclic) bond motifs is 1. The number of nitrogens with zero attached hydrogens (tertiary/aromatic N) is 1. The molecule has 0 bridgehead atoms. The summed E-state index contributed by atoms with van der Waals surface area (Å²) in [7, 11) is 2.09. The summed E-state index contributed by atoms with van der Waals surface area (Å²) in [6, 6.07) is 8.40. The molecule has 0 radical (unpaired) electrons. The molecule has 78 valence electrons. The maximum Gasteiger partial charge on any atom is 0.0799 e. The van der Waals surface area contributed by atoms with E-state index in [4.69, 9.17) is 12.2 Å². The van der Waals surface area contributed by atoms with Gasteiger partial charge in [-0.05, 0) is 19.2 Å². The summed E-state index contributed by atoms with van der Waals surface area (Å²) in [5.74, 6) is 0. The van der Waals surface area contributed by atoms with Gasteiger partial charge in [-0.3, -0.25) is 0 Å². The van der Waals surface area contributed by atoms with Crippen molar-refractivity contribution in [1.29, 1.82) is 0 Å². The monoisotopic (exact) mass is 235 g/mol. The molecule has 0 unspecified atom stereocenters. The van der Waals surface area contributed by atoms with Gasteiger partial charge in [-0.25, -0.2) is 0 Å². The third kappa shape index (κ3) is 1.60. The lowest BCUT2D eigenvalue weighted by molar-refractivity contribution is 0.917. The lowest BCUT2D eigenvalue weighted by Crippen LogP contribution is -1.95. The number of benzene rings is 1. The average molecular weight is 235 g/mol. The lowest BCUT2D eigenvalue weighted by atomic mass is 10.1. The summed E-state index contributed by atoms with van der Waals surface area (Å²) in [5.41, 5.74) is 3.72. The fourth-order valence-electron chi connectivity index (χ4n) is 1.88. The van der Waals surface area contributed by atoms with Crippen LogP contribution in [0.15, 0.2) is 24.3 Å². The van der Waals surface area contributed by atoms with Gasteiger partial charge in [-0.15, -0.1) is 11.8 Å². The first-order chi connectivity index (χ1) is 7.16. The zero-order chi connectivity index (χ0) is 11.0. The van der Waals surface area contributed by atoms with E-state index in [0.717, 1.165) is 4.20 Å². The molecule has 2 rings (SSSR count). The Balaban J connectivity index is 2.83. The van der Waals surface area contributed by atoms with E-state index in [0.29, 0.717) is 0 Å². The second kappa shape index (κ2) is 3.99. The van der Waals surface area contributed by atoms with Crippen LogP contribution in [0.4, 0.5) is 0 Å². The highest BCUT2D eigenvalue weighted by atomic mass is 32.2. The van der Waals surface area contributed by atoms with Gasteiger partial charge in [-0.2, -0.15) is 0 Å². The van der Waals surface area contributed by atoms with Crippen molar-refractivity contribution in [3.05, 3.63) is 35.5 Å². The predicted octanol–water partition coefficient (Wildman–Crippen LogP) is 3.53. The van der Waals surface area contributed by atoms with Crippen LogP contribution in [0.3, 0.4) is 0 Å². The molecule has 1 nitrogen and oxygen atoms in total. The van der Waals surface area contributed by atoms with Crippen LogP contribution in [0.2, 0.25) is 0 Å². The van der Waals surface area contributed by atoms with Gasteiger partial charge in [0.2, 0.25) is 0 Å². The molecule has 0 saturated heterocycles. The molecule has 3 heteroatoms. The van der Waals surface area contributed by atoms with Crippen molar-refractivity contribution in [1.82, 2.24) is 4.57 Å². The van der Waals surface area contributed by atoms with Crippen molar-refractivity contribution in [2.24, 2.45) is 7.05 Å². The number of aromatic nitrogens is 1. The largest absolute Gasteiger partial charge is 0.347 e. The number of aryl methyl sites for hydroxylation is 1. The first-order valence-corrected chi connectivity index (χ1v) is 6.42. The third-order valence-electron chi connectivity index (χ3n) is 2.79. The number of rotatable bonds is 1. The van der Waals surface area contributed by atoms with E-state index < -0.39 is 0 Å². The number of hydrogen-bond donors (Lipinski definition) is 0. The van der Waals surface area contributed by atoms with E-state index in [1.165, 1.54) is 22.2 Å². The fourth-order valence-corrected chi connectivity index (χ4v) is 2.60. The van der Waals surface area contributed by atoms with E-state index in [1.54, 1.807) is 11.8 Å². The number of thioether (sulfide) groups is 1. The number of para-hydroxylation sites is 1. The van der Waals surface area contributed by atoms with Crippen LogP contribution in [0.5, 0.6) is 0 Å². The van der Waals surface area contributed by atoms with Gasteiger partial charge in [-0.1, -0.05) is 30.4 Å². The molecule has 0 saturated carbocycles. The van der Waals surface area contributed by atoms with Gasteiger partial charge in [0.15, 0.2) is 0 Å². The zero-order valence-electron chi connectivity index (χ0n) is 9.07. The van der Waals surface area contributed by atoms with Gasteiger partial charge < -0.3 is 4.57 Å². The Morgan fingerprint density at radius 2 is 2.00 bits per heavy atom. The van der Waals surface area contributed by atoms with Crippen LogP contribution < -0.4 is 0 Å². The highest BCUT2D eigenvalue weighted by Gasteiger charge is 2.13. The van der Waals surface area contributed by atoms with Crippen LogP contribution in [-0.4, -0.2) is 15.0 Å². The van der Waals surface area contributed by atoms with Gasteiger partial charge in [0.25, 0.3) is 0 Å². The molecular formula is C12H13NS2. The maximum atomic E-state index is 5.40. The molecule has 1 heterocycles. The molecule has 0 N–H and O–H groups in total. The molecule has 1 aromatic carbocycles. The summed E-state index contributed by atoms with van der Waals surface area (Å²) in [6.07, 6.45) is 2.03. The Kier molecular flexibility index (Phi) is 2.85. The molecule has 0 fully saturated rings. The highest BCUT2D eigenvalue weighted by molar-refractivity contribution is 8.23.